The summed E-state index contributed by atoms with van der Waals surface area (Å²) in [5, 5.41) is 3.88. The van der Waals surface area contributed by atoms with E-state index in [1.54, 1.807) is 18.2 Å². The van der Waals surface area contributed by atoms with Gasteiger partial charge in [-0.15, -0.1) is 0 Å². The third-order valence-corrected chi connectivity index (χ3v) is 7.72. The number of carbonyl (C=O) groups excluding carboxylic acids is 1. The van der Waals surface area contributed by atoms with Gasteiger partial charge in [-0.25, -0.2) is 8.42 Å². The van der Waals surface area contributed by atoms with E-state index in [1.807, 2.05) is 4.90 Å². The molecule has 1 aliphatic heterocycles. The molecule has 1 heterocycles. The third-order valence-electron chi connectivity index (χ3n) is 4.45. The SMILES string of the molecule is O=C(CN1CCN(S(=O)(=O)c2ccc(Cl)c(Cl)c2)CC1)Nc1c(Cl)cccc1Cl. The Labute approximate surface area is 189 Å². The summed E-state index contributed by atoms with van der Waals surface area (Å²) < 4.78 is 27.0. The second-order valence-corrected chi connectivity index (χ2v) is 9.97. The lowest BCUT2D eigenvalue weighted by molar-refractivity contribution is -0.117. The Bertz CT molecular complexity index is 1000. The average Bonchev–Trinajstić information content (AvgIpc) is 2.67. The molecule has 1 amide bonds. The summed E-state index contributed by atoms with van der Waals surface area (Å²) in [6.45, 7) is 1.42. The van der Waals surface area contributed by atoms with E-state index in [0.717, 1.165) is 0 Å². The summed E-state index contributed by atoms with van der Waals surface area (Å²) in [6, 6.07) is 9.18. The van der Waals surface area contributed by atoms with E-state index < -0.39 is 10.0 Å². The van der Waals surface area contributed by atoms with Gasteiger partial charge in [0.2, 0.25) is 15.9 Å². The van der Waals surface area contributed by atoms with Crippen molar-refractivity contribution < 1.29 is 13.2 Å². The number of piperazine rings is 1. The first-order chi connectivity index (χ1) is 13.7. The van der Waals surface area contributed by atoms with Gasteiger partial charge in [-0.05, 0) is 30.3 Å². The van der Waals surface area contributed by atoms with Gasteiger partial charge in [0.1, 0.15) is 0 Å². The topological polar surface area (TPSA) is 69.7 Å². The molecule has 1 aliphatic rings. The molecule has 3 rings (SSSR count). The lowest BCUT2D eigenvalue weighted by Crippen LogP contribution is -2.50. The van der Waals surface area contributed by atoms with Gasteiger partial charge < -0.3 is 5.32 Å². The van der Waals surface area contributed by atoms with E-state index in [1.165, 1.54) is 22.5 Å². The average molecular weight is 497 g/mol. The largest absolute Gasteiger partial charge is 0.322 e. The van der Waals surface area contributed by atoms with Gasteiger partial charge in [0.15, 0.2) is 0 Å². The minimum atomic E-state index is -3.68. The van der Waals surface area contributed by atoms with E-state index in [2.05, 4.69) is 5.32 Å². The Balaban J connectivity index is 1.59. The van der Waals surface area contributed by atoms with Crippen molar-refractivity contribution in [2.24, 2.45) is 0 Å². The number of rotatable bonds is 5. The fourth-order valence-electron chi connectivity index (χ4n) is 2.91. The second-order valence-electron chi connectivity index (χ2n) is 6.40. The predicted octanol–water partition coefficient (Wildman–Crippen LogP) is 4.25. The normalized spacial score (nSPS) is 16.0. The number of sulfonamides is 1. The monoisotopic (exact) mass is 495 g/mol. The molecule has 1 N–H and O–H groups in total. The number of hydrogen-bond acceptors (Lipinski definition) is 4. The summed E-state index contributed by atoms with van der Waals surface area (Å²) in [5.74, 6) is -0.277. The standard InChI is InChI=1S/C18H17Cl4N3O3S/c19-13-5-4-12(10-16(13)22)29(27,28)25-8-6-24(7-9-25)11-17(26)23-18-14(20)2-1-3-15(18)21/h1-5,10H,6-9,11H2,(H,23,26). The molecule has 0 unspecified atom stereocenters. The predicted molar refractivity (Wildman–Crippen MR) is 117 cm³/mol. The molecule has 0 saturated carbocycles. The minimum Gasteiger partial charge on any atom is -0.322 e. The smallest absolute Gasteiger partial charge is 0.243 e. The van der Waals surface area contributed by atoms with Crippen molar-refractivity contribution in [2.45, 2.75) is 4.90 Å². The number of amides is 1. The third kappa shape index (κ3) is 5.35. The maximum Gasteiger partial charge on any atom is 0.243 e. The molecule has 0 aliphatic carbocycles. The Morgan fingerprint density at radius 3 is 2.10 bits per heavy atom. The quantitative estimate of drug-likeness (QED) is 0.671. The molecule has 0 radical (unpaired) electrons. The highest BCUT2D eigenvalue weighted by Gasteiger charge is 2.29. The van der Waals surface area contributed by atoms with Crippen LogP contribution in [0.3, 0.4) is 0 Å². The van der Waals surface area contributed by atoms with Crippen LogP contribution in [0.2, 0.25) is 20.1 Å². The van der Waals surface area contributed by atoms with E-state index >= 15 is 0 Å². The second kappa shape index (κ2) is 9.39. The van der Waals surface area contributed by atoms with Crippen LogP contribution < -0.4 is 5.32 Å². The number of benzene rings is 2. The van der Waals surface area contributed by atoms with Crippen molar-refractivity contribution in [3.8, 4) is 0 Å². The van der Waals surface area contributed by atoms with Gasteiger partial charge >= 0.3 is 0 Å². The first-order valence-electron chi connectivity index (χ1n) is 8.60. The minimum absolute atomic E-state index is 0.0893. The number of anilines is 1. The van der Waals surface area contributed by atoms with Crippen LogP contribution in [0.4, 0.5) is 5.69 Å². The molecule has 0 aromatic heterocycles. The summed E-state index contributed by atoms with van der Waals surface area (Å²) in [6.07, 6.45) is 0. The maximum atomic E-state index is 12.8. The number of halogens is 4. The molecular weight excluding hydrogens is 480 g/mol. The van der Waals surface area contributed by atoms with Crippen LogP contribution in [-0.4, -0.2) is 56.3 Å². The molecule has 156 valence electrons. The first kappa shape index (κ1) is 22.6. The molecule has 6 nitrogen and oxygen atoms in total. The fraction of sp³-hybridized carbons (Fsp3) is 0.278. The molecule has 2 aromatic rings. The Hall–Kier alpha value is -1.06. The highest BCUT2D eigenvalue weighted by atomic mass is 35.5. The van der Waals surface area contributed by atoms with Crippen molar-refractivity contribution in [1.82, 2.24) is 9.21 Å². The van der Waals surface area contributed by atoms with Crippen LogP contribution in [-0.2, 0) is 14.8 Å². The van der Waals surface area contributed by atoms with Gasteiger partial charge in [0, 0.05) is 26.2 Å². The first-order valence-corrected chi connectivity index (χ1v) is 11.5. The zero-order valence-electron chi connectivity index (χ0n) is 15.0. The summed E-state index contributed by atoms with van der Waals surface area (Å²) in [7, 11) is -3.68. The Morgan fingerprint density at radius 2 is 1.52 bits per heavy atom. The lowest BCUT2D eigenvalue weighted by Gasteiger charge is -2.33. The van der Waals surface area contributed by atoms with Crippen molar-refractivity contribution in [1.29, 1.82) is 0 Å². The van der Waals surface area contributed by atoms with Crippen LogP contribution >= 0.6 is 46.4 Å². The molecule has 1 saturated heterocycles. The Morgan fingerprint density at radius 1 is 0.897 bits per heavy atom. The molecule has 29 heavy (non-hydrogen) atoms. The van der Waals surface area contributed by atoms with Gasteiger partial charge in [0.25, 0.3) is 0 Å². The van der Waals surface area contributed by atoms with Crippen molar-refractivity contribution in [3.63, 3.8) is 0 Å². The Kier molecular flexibility index (Phi) is 7.32. The highest BCUT2D eigenvalue weighted by molar-refractivity contribution is 7.89. The number of nitrogens with one attached hydrogen (secondary N) is 1. The van der Waals surface area contributed by atoms with E-state index in [9.17, 15) is 13.2 Å². The van der Waals surface area contributed by atoms with Crippen LogP contribution in [0.1, 0.15) is 0 Å². The number of nitrogens with zero attached hydrogens (tertiary/aromatic N) is 2. The van der Waals surface area contributed by atoms with Crippen LogP contribution in [0.15, 0.2) is 41.3 Å². The van der Waals surface area contributed by atoms with Gasteiger partial charge in [-0.2, -0.15) is 4.31 Å². The van der Waals surface area contributed by atoms with Gasteiger partial charge in [0.05, 0.1) is 37.2 Å². The number of carbonyl (C=O) groups is 1. The van der Waals surface area contributed by atoms with Crippen LogP contribution in [0.25, 0.3) is 0 Å². The molecule has 0 bridgehead atoms. The van der Waals surface area contributed by atoms with E-state index in [-0.39, 0.29) is 35.5 Å². The molecule has 0 spiro atoms. The van der Waals surface area contributed by atoms with Crippen molar-refractivity contribution >= 4 is 68.0 Å². The summed E-state index contributed by atoms with van der Waals surface area (Å²) >= 11 is 23.9. The molecular formula is C18H17Cl4N3O3S. The van der Waals surface area contributed by atoms with Crippen LogP contribution in [0, 0.1) is 0 Å². The highest BCUT2D eigenvalue weighted by Crippen LogP contribution is 2.30. The van der Waals surface area contributed by atoms with Crippen molar-refractivity contribution in [3.05, 3.63) is 56.5 Å². The maximum absolute atomic E-state index is 12.8. The summed E-state index contributed by atoms with van der Waals surface area (Å²) in [5.41, 5.74) is 0.363. The molecule has 2 aromatic carbocycles. The molecule has 1 fully saturated rings. The van der Waals surface area contributed by atoms with Crippen molar-refractivity contribution in [2.75, 3.05) is 38.0 Å². The fourth-order valence-corrected chi connectivity index (χ4v) is 5.22. The van der Waals surface area contributed by atoms with E-state index in [4.69, 9.17) is 46.4 Å². The molecule has 0 atom stereocenters. The number of para-hydroxylation sites is 1. The lowest BCUT2D eigenvalue weighted by atomic mass is 10.3. The summed E-state index contributed by atoms with van der Waals surface area (Å²) in [4.78, 5) is 14.3. The van der Waals surface area contributed by atoms with Crippen LogP contribution in [0.5, 0.6) is 0 Å². The van der Waals surface area contributed by atoms with E-state index in [0.29, 0.717) is 33.8 Å². The zero-order valence-corrected chi connectivity index (χ0v) is 18.9. The number of hydrogen-bond donors (Lipinski definition) is 1. The zero-order chi connectivity index (χ0) is 21.2. The van der Waals surface area contributed by atoms with Gasteiger partial charge in [-0.1, -0.05) is 52.5 Å². The van der Waals surface area contributed by atoms with Gasteiger partial charge in [-0.3, -0.25) is 9.69 Å². The molecule has 11 heteroatoms.